The molecule has 1 saturated heterocycles. The van der Waals surface area contributed by atoms with Crippen LogP contribution in [-0.2, 0) is 22.7 Å². The summed E-state index contributed by atoms with van der Waals surface area (Å²) < 4.78 is 18.3. The number of para-hydroxylation sites is 1. The number of urea groups is 1. The maximum absolute atomic E-state index is 13.1. The van der Waals surface area contributed by atoms with Crippen molar-refractivity contribution in [2.45, 2.75) is 13.1 Å². The van der Waals surface area contributed by atoms with Gasteiger partial charge in [0, 0.05) is 22.7 Å². The Morgan fingerprint density at radius 3 is 2.50 bits per heavy atom. The predicted molar refractivity (Wildman–Crippen MR) is 131 cm³/mol. The van der Waals surface area contributed by atoms with E-state index in [1.165, 1.54) is 12.3 Å². The summed E-state index contributed by atoms with van der Waals surface area (Å²) in [5.41, 5.74) is 1.48. The molecule has 4 amide bonds. The van der Waals surface area contributed by atoms with Gasteiger partial charge in [0.25, 0.3) is 11.8 Å². The highest BCUT2D eigenvalue weighted by molar-refractivity contribution is 6.31. The van der Waals surface area contributed by atoms with Gasteiger partial charge in [-0.05, 0) is 48.5 Å². The molecule has 1 aliphatic heterocycles. The molecule has 1 aliphatic rings. The zero-order valence-corrected chi connectivity index (χ0v) is 19.5. The minimum absolute atomic E-state index is 0.0766. The number of amides is 4. The molecule has 0 atom stereocenters. The van der Waals surface area contributed by atoms with Crippen molar-refractivity contribution in [3.05, 3.63) is 90.0 Å². The highest BCUT2D eigenvalue weighted by Gasteiger charge is 2.36. The Morgan fingerprint density at radius 1 is 0.972 bits per heavy atom. The Hall–Kier alpha value is -4.79. The van der Waals surface area contributed by atoms with Crippen LogP contribution in [0.4, 0.5) is 4.79 Å². The molecule has 182 valence electrons. The fraction of sp³-hybridized carbons (Fsp3) is 0.148. The van der Waals surface area contributed by atoms with Gasteiger partial charge >= 0.3 is 6.03 Å². The maximum Gasteiger partial charge on any atom is 0.331 e. The number of furan rings is 1. The molecular formula is C27H23N3O6. The van der Waals surface area contributed by atoms with Crippen LogP contribution in [0.1, 0.15) is 11.3 Å². The number of carbonyl (C=O) groups is 3. The fourth-order valence-electron chi connectivity index (χ4n) is 4.06. The second kappa shape index (κ2) is 9.83. The number of benzene rings is 2. The molecule has 4 aromatic rings. The first kappa shape index (κ1) is 23.0. The zero-order valence-electron chi connectivity index (χ0n) is 19.5. The third kappa shape index (κ3) is 4.58. The molecule has 36 heavy (non-hydrogen) atoms. The summed E-state index contributed by atoms with van der Waals surface area (Å²) in [5.74, 6) is 0.489. The van der Waals surface area contributed by atoms with Gasteiger partial charge in [-0.1, -0.05) is 18.2 Å². The fourth-order valence-corrected chi connectivity index (χ4v) is 4.06. The van der Waals surface area contributed by atoms with Crippen LogP contribution in [0, 0.1) is 0 Å². The number of hydrogen-bond acceptors (Lipinski definition) is 6. The smallest absolute Gasteiger partial charge is 0.331 e. The van der Waals surface area contributed by atoms with Gasteiger partial charge in [-0.25, -0.2) is 4.79 Å². The standard InChI is InChI=1S/C27H23N3O6/c1-34-19-8-10-20(11-9-19)36-14-12-29-16-18(22-6-2-3-7-24(22)29)15-23-25(31)28-27(33)30(26(23)32)17-21-5-4-13-35-21/h2-11,13,15-16H,12,14,17H2,1H3,(H,28,31,33)/b23-15+. The molecule has 2 aromatic carbocycles. The van der Waals surface area contributed by atoms with E-state index in [4.69, 9.17) is 13.9 Å². The van der Waals surface area contributed by atoms with Gasteiger partial charge < -0.3 is 18.5 Å². The molecule has 0 spiro atoms. The average molecular weight is 485 g/mol. The molecular weight excluding hydrogens is 462 g/mol. The van der Waals surface area contributed by atoms with Crippen LogP contribution < -0.4 is 14.8 Å². The normalized spacial score (nSPS) is 15.0. The maximum atomic E-state index is 13.1. The van der Waals surface area contributed by atoms with Crippen molar-refractivity contribution >= 4 is 34.8 Å². The number of fused-ring (bicyclic) bond motifs is 1. The molecule has 0 saturated carbocycles. The Morgan fingerprint density at radius 2 is 1.75 bits per heavy atom. The van der Waals surface area contributed by atoms with Crippen molar-refractivity contribution in [3.63, 3.8) is 0 Å². The largest absolute Gasteiger partial charge is 0.497 e. The first-order valence-corrected chi connectivity index (χ1v) is 11.3. The summed E-state index contributed by atoms with van der Waals surface area (Å²) in [7, 11) is 1.61. The molecule has 9 heteroatoms. The number of ether oxygens (including phenoxy) is 2. The molecule has 3 heterocycles. The first-order valence-electron chi connectivity index (χ1n) is 11.3. The third-order valence-corrected chi connectivity index (χ3v) is 5.86. The van der Waals surface area contributed by atoms with E-state index in [9.17, 15) is 14.4 Å². The SMILES string of the molecule is COc1ccc(OCCn2cc(/C=C3\C(=O)NC(=O)N(Cc4ccco4)C3=O)c3ccccc32)cc1. The second-order valence-electron chi connectivity index (χ2n) is 8.11. The minimum atomic E-state index is -0.781. The average Bonchev–Trinajstić information content (AvgIpc) is 3.53. The quantitative estimate of drug-likeness (QED) is 0.299. The highest BCUT2D eigenvalue weighted by Crippen LogP contribution is 2.26. The van der Waals surface area contributed by atoms with Gasteiger partial charge in [0.15, 0.2) is 0 Å². The van der Waals surface area contributed by atoms with E-state index >= 15 is 0 Å². The topological polar surface area (TPSA) is 103 Å². The van der Waals surface area contributed by atoms with E-state index in [-0.39, 0.29) is 12.1 Å². The van der Waals surface area contributed by atoms with Gasteiger partial charge in [-0.2, -0.15) is 0 Å². The summed E-state index contributed by atoms with van der Waals surface area (Å²) in [6.07, 6.45) is 4.84. The number of imide groups is 2. The van der Waals surface area contributed by atoms with Crippen LogP contribution in [-0.4, -0.2) is 41.0 Å². The van der Waals surface area contributed by atoms with Crippen molar-refractivity contribution in [1.29, 1.82) is 0 Å². The summed E-state index contributed by atoms with van der Waals surface area (Å²) in [6.45, 7) is 0.873. The zero-order chi connectivity index (χ0) is 25.1. The van der Waals surface area contributed by atoms with Crippen LogP contribution >= 0.6 is 0 Å². The van der Waals surface area contributed by atoms with Gasteiger partial charge in [-0.15, -0.1) is 0 Å². The molecule has 2 aromatic heterocycles. The molecule has 0 unspecified atom stereocenters. The van der Waals surface area contributed by atoms with Crippen LogP contribution in [0.3, 0.4) is 0 Å². The molecule has 1 fully saturated rings. The van der Waals surface area contributed by atoms with Crippen LogP contribution in [0.25, 0.3) is 17.0 Å². The lowest BCUT2D eigenvalue weighted by Gasteiger charge is -2.25. The number of barbiturate groups is 1. The summed E-state index contributed by atoms with van der Waals surface area (Å²) >= 11 is 0. The number of nitrogens with one attached hydrogen (secondary N) is 1. The number of hydrogen-bond donors (Lipinski definition) is 1. The molecule has 0 aliphatic carbocycles. The highest BCUT2D eigenvalue weighted by atomic mass is 16.5. The van der Waals surface area contributed by atoms with Crippen molar-refractivity contribution in [3.8, 4) is 11.5 Å². The number of rotatable bonds is 8. The summed E-state index contributed by atoms with van der Waals surface area (Å²) in [5, 5.41) is 3.10. The third-order valence-electron chi connectivity index (χ3n) is 5.86. The number of nitrogens with zero attached hydrogens (tertiary/aromatic N) is 2. The van der Waals surface area contributed by atoms with Crippen LogP contribution in [0.5, 0.6) is 11.5 Å². The van der Waals surface area contributed by atoms with E-state index in [1.54, 1.807) is 19.2 Å². The monoisotopic (exact) mass is 485 g/mol. The molecule has 9 nitrogen and oxygen atoms in total. The van der Waals surface area contributed by atoms with E-state index in [1.807, 2.05) is 59.3 Å². The van der Waals surface area contributed by atoms with Gasteiger partial charge in [0.2, 0.25) is 0 Å². The molecule has 5 rings (SSSR count). The molecule has 1 N–H and O–H groups in total. The van der Waals surface area contributed by atoms with Gasteiger partial charge in [0.1, 0.15) is 29.4 Å². The number of methoxy groups -OCH3 is 1. The molecule has 0 radical (unpaired) electrons. The molecule has 0 bridgehead atoms. The Kier molecular flexibility index (Phi) is 6.27. The van der Waals surface area contributed by atoms with Crippen molar-refractivity contribution in [2.24, 2.45) is 0 Å². The lowest BCUT2D eigenvalue weighted by Crippen LogP contribution is -2.53. The summed E-state index contributed by atoms with van der Waals surface area (Å²) in [4.78, 5) is 38.9. The van der Waals surface area contributed by atoms with Crippen molar-refractivity contribution in [1.82, 2.24) is 14.8 Å². The predicted octanol–water partition coefficient (Wildman–Crippen LogP) is 3.98. The van der Waals surface area contributed by atoms with Gasteiger partial charge in [-0.3, -0.25) is 19.8 Å². The van der Waals surface area contributed by atoms with Crippen LogP contribution in [0.15, 0.2) is 83.1 Å². The summed E-state index contributed by atoms with van der Waals surface area (Å²) in [6, 6.07) is 17.6. The van der Waals surface area contributed by atoms with Crippen molar-refractivity contribution in [2.75, 3.05) is 13.7 Å². The lowest BCUT2D eigenvalue weighted by molar-refractivity contribution is -0.130. The first-order chi connectivity index (χ1) is 17.5. The Labute approximate surface area is 206 Å². The van der Waals surface area contributed by atoms with Crippen molar-refractivity contribution < 1.29 is 28.3 Å². The second-order valence-corrected chi connectivity index (χ2v) is 8.11. The number of carbonyl (C=O) groups excluding carboxylic acids is 3. The van der Waals surface area contributed by atoms with E-state index < -0.39 is 17.8 Å². The van der Waals surface area contributed by atoms with Crippen LogP contribution in [0.2, 0.25) is 0 Å². The Balaban J connectivity index is 1.39. The van der Waals surface area contributed by atoms with Gasteiger partial charge in [0.05, 0.1) is 26.5 Å². The Bertz CT molecular complexity index is 1450. The number of aromatic nitrogens is 1. The van der Waals surface area contributed by atoms with E-state index in [0.29, 0.717) is 24.5 Å². The minimum Gasteiger partial charge on any atom is -0.497 e. The van der Waals surface area contributed by atoms with E-state index in [0.717, 1.165) is 27.3 Å². The van der Waals surface area contributed by atoms with E-state index in [2.05, 4.69) is 5.32 Å². The lowest BCUT2D eigenvalue weighted by atomic mass is 10.1.